The van der Waals surface area contributed by atoms with Gasteiger partial charge in [-0.05, 0) is 23.7 Å². The van der Waals surface area contributed by atoms with Crippen LogP contribution in [-0.2, 0) is 0 Å². The van der Waals surface area contributed by atoms with Crippen LogP contribution in [-0.4, -0.2) is 22.0 Å². The Morgan fingerprint density at radius 1 is 1.30 bits per heavy atom. The lowest BCUT2D eigenvalue weighted by atomic mass is 10.2. The van der Waals surface area contributed by atoms with Gasteiger partial charge in [0.15, 0.2) is 0 Å². The Balaban J connectivity index is 2.39. The number of anilines is 2. The van der Waals surface area contributed by atoms with Crippen LogP contribution in [0.15, 0.2) is 24.3 Å². The monoisotopic (exact) mass is 314 g/mol. The van der Waals surface area contributed by atoms with E-state index in [0.717, 1.165) is 0 Å². The second-order valence-corrected chi connectivity index (χ2v) is 4.34. The minimum atomic E-state index is -0.532. The summed E-state index contributed by atoms with van der Waals surface area (Å²) in [5.74, 6) is 0.629. The molecule has 7 nitrogen and oxygen atoms in total. The smallest absolute Gasteiger partial charge is 0.296 e. The first-order valence-corrected chi connectivity index (χ1v) is 6.04. The normalized spacial score (nSPS) is 10.2. The molecule has 0 saturated heterocycles. The lowest BCUT2D eigenvalue weighted by molar-refractivity contribution is -0.384. The molecule has 0 bridgehead atoms. The highest BCUT2D eigenvalue weighted by atomic mass is 35.5. The highest BCUT2D eigenvalue weighted by Crippen LogP contribution is 2.31. The Hall–Kier alpha value is -2.12. The van der Waals surface area contributed by atoms with Gasteiger partial charge in [0.05, 0.1) is 18.1 Å². The van der Waals surface area contributed by atoms with Gasteiger partial charge in [0.1, 0.15) is 22.4 Å². The molecule has 0 spiro atoms. The molecular formula is C11H8Cl2N4O3. The summed E-state index contributed by atoms with van der Waals surface area (Å²) in [6.07, 6.45) is 0. The zero-order valence-corrected chi connectivity index (χ0v) is 11.6. The van der Waals surface area contributed by atoms with Crippen molar-refractivity contribution in [3.8, 4) is 5.75 Å². The minimum absolute atomic E-state index is 0.0591. The van der Waals surface area contributed by atoms with Crippen LogP contribution >= 0.6 is 23.2 Å². The summed E-state index contributed by atoms with van der Waals surface area (Å²) >= 11 is 11.4. The zero-order valence-electron chi connectivity index (χ0n) is 10.1. The number of rotatable bonds is 4. The molecule has 0 aliphatic heterocycles. The summed E-state index contributed by atoms with van der Waals surface area (Å²) in [5.41, 5.74) is 0.0804. The Labute approximate surface area is 123 Å². The lowest BCUT2D eigenvalue weighted by Crippen LogP contribution is -2.00. The van der Waals surface area contributed by atoms with Crippen LogP contribution in [0.5, 0.6) is 5.75 Å². The van der Waals surface area contributed by atoms with Gasteiger partial charge in [-0.2, -0.15) is 0 Å². The summed E-state index contributed by atoms with van der Waals surface area (Å²) in [6, 6.07) is 5.79. The van der Waals surface area contributed by atoms with Crippen molar-refractivity contribution < 1.29 is 9.66 Å². The number of nitrogens with one attached hydrogen (secondary N) is 1. The second-order valence-electron chi connectivity index (χ2n) is 3.61. The third-order valence-electron chi connectivity index (χ3n) is 2.33. The second kappa shape index (κ2) is 5.89. The van der Waals surface area contributed by atoms with E-state index in [2.05, 4.69) is 15.3 Å². The number of hydrogen-bond donors (Lipinski definition) is 1. The molecule has 20 heavy (non-hydrogen) atoms. The van der Waals surface area contributed by atoms with Crippen LogP contribution in [0.2, 0.25) is 10.4 Å². The summed E-state index contributed by atoms with van der Waals surface area (Å²) in [6.45, 7) is 0. The van der Waals surface area contributed by atoms with Crippen molar-refractivity contribution in [1.82, 2.24) is 9.97 Å². The van der Waals surface area contributed by atoms with Crippen LogP contribution < -0.4 is 10.1 Å². The molecule has 1 aromatic carbocycles. The Morgan fingerprint density at radius 3 is 2.65 bits per heavy atom. The molecule has 0 atom stereocenters. The van der Waals surface area contributed by atoms with Gasteiger partial charge in [0, 0.05) is 6.07 Å². The molecule has 2 rings (SSSR count). The maximum atomic E-state index is 11.0. The van der Waals surface area contributed by atoms with Crippen molar-refractivity contribution in [1.29, 1.82) is 0 Å². The van der Waals surface area contributed by atoms with E-state index in [4.69, 9.17) is 27.9 Å². The molecule has 0 fully saturated rings. The van der Waals surface area contributed by atoms with Gasteiger partial charge in [-0.1, -0.05) is 11.6 Å². The number of aromatic nitrogens is 2. The fourth-order valence-corrected chi connectivity index (χ4v) is 1.90. The molecule has 0 amide bonds. The molecule has 1 aromatic heterocycles. The number of nitro benzene ring substituents is 1. The molecule has 104 valence electrons. The standard InChI is InChI=1S/C11H8Cl2N4O3/c1-20-6-2-3-7(8(4-6)17(18)19)14-10-5-9(12)15-11(13)16-10/h2-5H,1H3,(H,14,15,16). The van der Waals surface area contributed by atoms with Gasteiger partial charge < -0.3 is 10.1 Å². The Morgan fingerprint density at radius 2 is 2.05 bits per heavy atom. The van der Waals surface area contributed by atoms with E-state index in [-0.39, 0.29) is 27.6 Å². The van der Waals surface area contributed by atoms with Crippen LogP contribution in [0, 0.1) is 10.1 Å². The number of nitrogens with zero attached hydrogens (tertiary/aromatic N) is 3. The van der Waals surface area contributed by atoms with Gasteiger partial charge in [0.2, 0.25) is 5.28 Å². The molecule has 0 unspecified atom stereocenters. The summed E-state index contributed by atoms with van der Waals surface area (Å²) in [4.78, 5) is 18.1. The third-order valence-corrected chi connectivity index (χ3v) is 2.69. The minimum Gasteiger partial charge on any atom is -0.496 e. The Kier molecular flexibility index (Phi) is 4.21. The van der Waals surface area contributed by atoms with Gasteiger partial charge >= 0.3 is 0 Å². The van der Waals surface area contributed by atoms with Crippen LogP contribution in [0.4, 0.5) is 17.2 Å². The molecule has 1 N–H and O–H groups in total. The van der Waals surface area contributed by atoms with Gasteiger partial charge in [-0.15, -0.1) is 0 Å². The van der Waals surface area contributed by atoms with Crippen LogP contribution in [0.25, 0.3) is 0 Å². The molecule has 2 aromatic rings. The largest absolute Gasteiger partial charge is 0.496 e. The maximum absolute atomic E-state index is 11.0. The van der Waals surface area contributed by atoms with E-state index < -0.39 is 4.92 Å². The molecule has 0 saturated carbocycles. The number of hydrogen-bond acceptors (Lipinski definition) is 6. The predicted molar refractivity (Wildman–Crippen MR) is 75.0 cm³/mol. The van der Waals surface area contributed by atoms with Crippen molar-refractivity contribution >= 4 is 40.4 Å². The first-order chi connectivity index (χ1) is 9.49. The van der Waals surface area contributed by atoms with Gasteiger partial charge in [-0.3, -0.25) is 10.1 Å². The first kappa shape index (κ1) is 14.3. The zero-order chi connectivity index (χ0) is 14.7. The van der Waals surface area contributed by atoms with Gasteiger partial charge in [0.25, 0.3) is 5.69 Å². The average molecular weight is 315 g/mol. The van der Waals surface area contributed by atoms with Crippen LogP contribution in [0.3, 0.4) is 0 Å². The lowest BCUT2D eigenvalue weighted by Gasteiger charge is -2.08. The van der Waals surface area contributed by atoms with E-state index in [1.165, 1.54) is 25.3 Å². The highest BCUT2D eigenvalue weighted by molar-refractivity contribution is 6.32. The van der Waals surface area contributed by atoms with E-state index in [1.54, 1.807) is 6.07 Å². The maximum Gasteiger partial charge on any atom is 0.296 e. The quantitative estimate of drug-likeness (QED) is 0.402. The molecule has 0 aliphatic carbocycles. The highest BCUT2D eigenvalue weighted by Gasteiger charge is 2.16. The number of halogens is 2. The predicted octanol–water partition coefficient (Wildman–Crippen LogP) is 3.44. The van der Waals surface area contributed by atoms with Crippen molar-refractivity contribution in [2.45, 2.75) is 0 Å². The third kappa shape index (κ3) is 3.25. The summed E-state index contributed by atoms with van der Waals surface area (Å²) < 4.78 is 4.95. The number of nitro groups is 1. The summed E-state index contributed by atoms with van der Waals surface area (Å²) in [5, 5.41) is 13.9. The van der Waals surface area contributed by atoms with Crippen molar-refractivity contribution in [3.63, 3.8) is 0 Å². The van der Waals surface area contributed by atoms with Gasteiger partial charge in [-0.25, -0.2) is 9.97 Å². The molecular weight excluding hydrogens is 307 g/mol. The van der Waals surface area contributed by atoms with E-state index >= 15 is 0 Å². The fraction of sp³-hybridized carbons (Fsp3) is 0.0909. The molecule has 0 radical (unpaired) electrons. The number of ether oxygens (including phenoxy) is 1. The van der Waals surface area contributed by atoms with E-state index in [9.17, 15) is 10.1 Å². The van der Waals surface area contributed by atoms with Crippen molar-refractivity contribution in [2.24, 2.45) is 0 Å². The Bertz CT molecular complexity index is 646. The summed E-state index contributed by atoms with van der Waals surface area (Å²) in [7, 11) is 1.43. The molecule has 0 aliphatic rings. The van der Waals surface area contributed by atoms with Crippen LogP contribution in [0.1, 0.15) is 0 Å². The topological polar surface area (TPSA) is 90.2 Å². The molecule has 1 heterocycles. The average Bonchev–Trinajstić information content (AvgIpc) is 2.37. The fourth-order valence-electron chi connectivity index (χ4n) is 1.49. The SMILES string of the molecule is COc1ccc(Nc2cc(Cl)nc(Cl)n2)c([N+](=O)[O-])c1. The van der Waals surface area contributed by atoms with Crippen molar-refractivity contribution in [2.75, 3.05) is 12.4 Å². The number of benzene rings is 1. The number of methoxy groups -OCH3 is 1. The molecule has 9 heteroatoms. The first-order valence-electron chi connectivity index (χ1n) is 5.29. The van der Waals surface area contributed by atoms with E-state index in [0.29, 0.717) is 5.75 Å². The van der Waals surface area contributed by atoms with Crippen molar-refractivity contribution in [3.05, 3.63) is 44.8 Å². The van der Waals surface area contributed by atoms with E-state index in [1.807, 2.05) is 0 Å².